The number of hydrogen-bond donors (Lipinski definition) is 0. The third-order valence-electron chi connectivity index (χ3n) is 26.3. The summed E-state index contributed by atoms with van der Waals surface area (Å²) in [6.45, 7) is 0. The van der Waals surface area contributed by atoms with E-state index in [2.05, 4.69) is 397 Å². The Labute approximate surface area is 683 Å². The lowest BCUT2D eigenvalue weighted by Crippen LogP contribution is -2.35. The van der Waals surface area contributed by atoms with E-state index in [9.17, 15) is 0 Å². The second-order valence-corrected chi connectivity index (χ2v) is 33.1. The number of benzene rings is 16. The third-order valence-corrected chi connectivity index (χ3v) is 27.4. The lowest BCUT2D eigenvalue weighted by molar-refractivity contribution is 0.457. The van der Waals surface area contributed by atoms with Gasteiger partial charge < -0.3 is 4.42 Å². The van der Waals surface area contributed by atoms with E-state index in [0.717, 1.165) is 82.1 Å². The number of fused-ring (bicyclic) bond motifs is 24. The van der Waals surface area contributed by atoms with Crippen molar-refractivity contribution in [3.63, 3.8) is 0 Å². The number of allylic oxidation sites excluding steroid dienone is 8. The van der Waals surface area contributed by atoms with Gasteiger partial charge in [-0.1, -0.05) is 340 Å². The fourth-order valence-corrected chi connectivity index (χ4v) is 22.5. The first kappa shape index (κ1) is 66.7. The first-order chi connectivity index (χ1) is 58.5. The third kappa shape index (κ3) is 9.63. The van der Waals surface area contributed by atoms with Gasteiger partial charge in [-0.25, -0.2) is 19.9 Å². The number of nitrogens with zero attached hydrogens (tertiary/aromatic N) is 6. The molecule has 0 N–H and O–H groups in total. The van der Waals surface area contributed by atoms with Crippen LogP contribution >= 0.6 is 11.3 Å². The fourth-order valence-electron chi connectivity index (χ4n) is 21.3. The molecule has 0 saturated carbocycles. The SMILES string of the molecule is C1=CC2c3ccc(-c4nc(-n5c6cc7ccccc7cc6c6c7ccccc7ccc65)nc5c4sc4ccccc45)cc3C(c3ccccc3)(c3ccccc3)C2C=C1.C1=CC2c3ccc(-c4nc(-n5c6cc7ccccc7cc6c6ccc7ccccc7c65)nc5c4oc4ccccc45)cc3C(c3ccccc3)(c3ccccc3)C2C=C1. The molecule has 552 valence electrons. The van der Waals surface area contributed by atoms with E-state index in [1.54, 1.807) is 11.3 Å². The topological polar surface area (TPSA) is 74.6 Å². The van der Waals surface area contributed by atoms with Crippen molar-refractivity contribution in [1.29, 1.82) is 0 Å². The average molecular weight is 1520 g/mol. The van der Waals surface area contributed by atoms with Crippen molar-refractivity contribution in [1.82, 2.24) is 29.1 Å². The Morgan fingerprint density at radius 3 is 1.36 bits per heavy atom. The van der Waals surface area contributed by atoms with Gasteiger partial charge in [-0.2, -0.15) is 0 Å². The van der Waals surface area contributed by atoms with Crippen LogP contribution in [0.5, 0.6) is 0 Å². The van der Waals surface area contributed by atoms with Gasteiger partial charge in [0.05, 0.1) is 48.8 Å². The normalized spacial score (nSPS) is 16.8. The number of hydrogen-bond acceptors (Lipinski definition) is 6. The molecule has 26 rings (SSSR count). The van der Waals surface area contributed by atoms with Gasteiger partial charge in [-0.05, 0) is 143 Å². The summed E-state index contributed by atoms with van der Waals surface area (Å²) >= 11 is 1.79. The maximum absolute atomic E-state index is 6.79. The van der Waals surface area contributed by atoms with Gasteiger partial charge in [0.2, 0.25) is 11.9 Å². The molecule has 0 fully saturated rings. The van der Waals surface area contributed by atoms with E-state index >= 15 is 0 Å². The van der Waals surface area contributed by atoms with Gasteiger partial charge in [0.25, 0.3) is 0 Å². The molecule has 4 unspecified atom stereocenters. The van der Waals surface area contributed by atoms with Crippen LogP contribution in [0.1, 0.15) is 56.3 Å². The largest absolute Gasteiger partial charge is 0.452 e. The van der Waals surface area contributed by atoms with Crippen LogP contribution in [0.2, 0.25) is 0 Å². The van der Waals surface area contributed by atoms with Crippen molar-refractivity contribution in [3.05, 3.63) is 445 Å². The predicted molar refractivity (Wildman–Crippen MR) is 488 cm³/mol. The molecule has 4 aliphatic carbocycles. The highest BCUT2D eigenvalue weighted by Gasteiger charge is 2.55. The summed E-state index contributed by atoms with van der Waals surface area (Å²) in [7, 11) is 0. The minimum absolute atomic E-state index is 0.190. The Balaban J connectivity index is 0.000000131. The minimum Gasteiger partial charge on any atom is -0.452 e. The first-order valence-electron chi connectivity index (χ1n) is 40.8. The zero-order valence-corrected chi connectivity index (χ0v) is 64.7. The number of thiophene rings is 1. The van der Waals surface area contributed by atoms with Crippen molar-refractivity contribution in [2.45, 2.75) is 22.7 Å². The second kappa shape index (κ2) is 25.9. The molecule has 4 atom stereocenters. The molecule has 6 aromatic heterocycles. The van der Waals surface area contributed by atoms with E-state index in [4.69, 9.17) is 24.4 Å². The lowest BCUT2D eigenvalue weighted by Gasteiger charge is -2.39. The highest BCUT2D eigenvalue weighted by Crippen LogP contribution is 2.62. The van der Waals surface area contributed by atoms with Crippen molar-refractivity contribution in [2.24, 2.45) is 11.8 Å². The standard InChI is InChI=1S/C55H35N3O.C55H35N3S/c1-3-18-38(19-4-1)55(39-20-5-2-6-21-39)46-25-13-11-23-41(46)42-29-28-37(32-47(42)55)50-53-51(44-24-12-14-26-49(44)59-53)57-54(56-50)58-48-33-36-17-8-7-16-35(36)31-45(48)43-30-27-34-15-9-10-22-40(34)52(43)58;1-3-18-38(19-4-1)55(39-20-5-2-6-21-39)45-25-13-11-23-41(45)42-29-27-37(32-46(42)55)51-53-52(43-24-12-14-26-49(43)59-53)57-54(56-51)58-47-30-28-34-15-9-10-22-40(34)50(47)44-31-35-16-7-8-17-36(35)33-48(44)58/h1-33,41,46H;1-33,41,45H. The predicted octanol–water partition coefficient (Wildman–Crippen LogP) is 27.7. The maximum atomic E-state index is 6.79. The molecule has 0 radical (unpaired) electrons. The van der Waals surface area contributed by atoms with Crippen LogP contribution in [-0.2, 0) is 10.8 Å². The zero-order valence-electron chi connectivity index (χ0n) is 63.9. The smallest absolute Gasteiger partial charge is 0.236 e. The van der Waals surface area contributed by atoms with Crippen molar-refractivity contribution >= 4 is 140 Å². The number of aromatic nitrogens is 6. The highest BCUT2D eigenvalue weighted by atomic mass is 32.1. The molecular weight excluding hydrogens is 1450 g/mol. The van der Waals surface area contributed by atoms with Crippen LogP contribution in [0.15, 0.2) is 405 Å². The molecule has 7 nitrogen and oxygen atoms in total. The van der Waals surface area contributed by atoms with Crippen LogP contribution in [0.3, 0.4) is 0 Å². The average Bonchev–Trinajstić information content (AvgIpc) is 1.54. The molecule has 118 heavy (non-hydrogen) atoms. The Bertz CT molecular complexity index is 8000. The highest BCUT2D eigenvalue weighted by molar-refractivity contribution is 7.26. The van der Waals surface area contributed by atoms with Crippen LogP contribution in [0.25, 0.3) is 163 Å². The van der Waals surface area contributed by atoms with Gasteiger partial charge in [-0.3, -0.25) is 9.13 Å². The molecular formula is C110H70N6OS. The molecule has 6 heterocycles. The second-order valence-electron chi connectivity index (χ2n) is 32.1. The molecule has 0 aliphatic heterocycles. The van der Waals surface area contributed by atoms with E-state index < -0.39 is 10.8 Å². The molecule has 0 spiro atoms. The van der Waals surface area contributed by atoms with E-state index in [-0.39, 0.29) is 23.7 Å². The summed E-state index contributed by atoms with van der Waals surface area (Å²) < 4.78 is 13.7. The Kier molecular flexibility index (Phi) is 14.6. The Hall–Kier alpha value is -14.7. The van der Waals surface area contributed by atoms with Crippen molar-refractivity contribution in [3.8, 4) is 34.4 Å². The first-order valence-corrected chi connectivity index (χ1v) is 41.6. The van der Waals surface area contributed by atoms with Gasteiger partial charge in [0, 0.05) is 77.2 Å². The van der Waals surface area contributed by atoms with Crippen LogP contribution in [0, 0.1) is 11.8 Å². The van der Waals surface area contributed by atoms with Gasteiger partial charge in [0.15, 0.2) is 5.58 Å². The Morgan fingerprint density at radius 2 is 0.754 bits per heavy atom. The maximum Gasteiger partial charge on any atom is 0.236 e. The molecule has 22 aromatic rings. The van der Waals surface area contributed by atoms with Crippen LogP contribution in [-0.4, -0.2) is 29.1 Å². The molecule has 8 heteroatoms. The summed E-state index contributed by atoms with van der Waals surface area (Å²) in [5, 5.41) is 16.4. The molecule has 4 aliphatic rings. The molecule has 0 saturated heterocycles. The summed E-state index contributed by atoms with van der Waals surface area (Å²) in [4.78, 5) is 22.4. The van der Waals surface area contributed by atoms with Gasteiger partial charge >= 0.3 is 0 Å². The molecule has 0 amide bonds. The zero-order chi connectivity index (χ0) is 77.3. The Morgan fingerprint density at radius 1 is 0.305 bits per heavy atom. The summed E-state index contributed by atoms with van der Waals surface area (Å²) in [5.74, 6) is 2.17. The van der Waals surface area contributed by atoms with Crippen LogP contribution < -0.4 is 0 Å². The van der Waals surface area contributed by atoms with Crippen molar-refractivity contribution in [2.75, 3.05) is 0 Å². The van der Waals surface area contributed by atoms with E-state index in [1.165, 1.54) is 108 Å². The van der Waals surface area contributed by atoms with Gasteiger partial charge in [0.1, 0.15) is 16.8 Å². The fraction of sp³-hybridized carbons (Fsp3) is 0.0545. The van der Waals surface area contributed by atoms with Crippen LogP contribution in [0.4, 0.5) is 0 Å². The summed E-state index contributed by atoms with van der Waals surface area (Å²) in [6, 6.07) is 128. The van der Waals surface area contributed by atoms with Crippen molar-refractivity contribution < 1.29 is 4.42 Å². The minimum atomic E-state index is -0.435. The lowest BCUT2D eigenvalue weighted by atomic mass is 9.63. The van der Waals surface area contributed by atoms with E-state index in [1.807, 2.05) is 12.1 Å². The summed E-state index contributed by atoms with van der Waals surface area (Å²) in [5.41, 5.74) is 21.1. The number of para-hydroxylation sites is 1. The quantitative estimate of drug-likeness (QED) is 0.152. The van der Waals surface area contributed by atoms with Gasteiger partial charge in [-0.15, -0.1) is 11.3 Å². The molecule has 0 bridgehead atoms. The summed E-state index contributed by atoms with van der Waals surface area (Å²) in [6.07, 6.45) is 18.5. The molecule has 16 aromatic carbocycles. The monoisotopic (exact) mass is 1520 g/mol. The number of rotatable bonds is 8. The van der Waals surface area contributed by atoms with E-state index in [0.29, 0.717) is 17.5 Å². The number of furan rings is 1.